The van der Waals surface area contributed by atoms with Gasteiger partial charge in [0.1, 0.15) is 5.75 Å². The van der Waals surface area contributed by atoms with Gasteiger partial charge in [0.15, 0.2) is 0 Å². The predicted molar refractivity (Wildman–Crippen MR) is 105 cm³/mol. The Morgan fingerprint density at radius 3 is 2.65 bits per heavy atom. The van der Waals surface area contributed by atoms with Crippen LogP contribution in [0.25, 0.3) is 0 Å². The van der Waals surface area contributed by atoms with Gasteiger partial charge >= 0.3 is 0 Å². The third-order valence-electron chi connectivity index (χ3n) is 3.20. The van der Waals surface area contributed by atoms with E-state index < -0.39 is 0 Å². The maximum Gasteiger partial charge on any atom is 0.251 e. The lowest BCUT2D eigenvalue weighted by Gasteiger charge is -2.05. The Morgan fingerprint density at radius 2 is 1.92 bits per heavy atom. The summed E-state index contributed by atoms with van der Waals surface area (Å²) in [4.78, 5) is 23.7. The summed E-state index contributed by atoms with van der Waals surface area (Å²) in [5.74, 6) is -0.704. The highest BCUT2D eigenvalue weighted by atomic mass is 79.9. The van der Waals surface area contributed by atoms with Crippen LogP contribution in [-0.4, -0.2) is 29.7 Å². The van der Waals surface area contributed by atoms with Gasteiger partial charge in [-0.25, -0.2) is 5.43 Å². The van der Waals surface area contributed by atoms with E-state index in [0.717, 1.165) is 4.47 Å². The lowest BCUT2D eigenvalue weighted by Crippen LogP contribution is -2.29. The molecule has 0 radical (unpaired) electrons. The van der Waals surface area contributed by atoms with Crippen molar-refractivity contribution in [2.75, 3.05) is 6.54 Å². The molecule has 6 nitrogen and oxygen atoms in total. The first-order chi connectivity index (χ1) is 12.4. The Morgan fingerprint density at radius 1 is 1.15 bits per heavy atom. The number of carbonyl (C=O) groups excluding carboxylic acids is 2. The highest BCUT2D eigenvalue weighted by Crippen LogP contribution is 2.22. The van der Waals surface area contributed by atoms with Gasteiger partial charge in [-0.3, -0.25) is 9.59 Å². The molecule has 0 fully saturated rings. The molecule has 0 aliphatic heterocycles. The summed E-state index contributed by atoms with van der Waals surface area (Å²) in [6, 6.07) is 9.36. The molecule has 3 N–H and O–H groups in total. The van der Waals surface area contributed by atoms with Gasteiger partial charge in [-0.1, -0.05) is 39.1 Å². The van der Waals surface area contributed by atoms with Crippen LogP contribution in [0.1, 0.15) is 22.3 Å². The number of hydrogen-bond donors (Lipinski definition) is 3. The number of phenols is 1. The van der Waals surface area contributed by atoms with E-state index in [1.54, 1.807) is 18.2 Å². The average molecular weight is 459 g/mol. The van der Waals surface area contributed by atoms with E-state index in [9.17, 15) is 14.7 Å². The van der Waals surface area contributed by atoms with Crippen molar-refractivity contribution in [2.24, 2.45) is 5.10 Å². The van der Waals surface area contributed by atoms with Crippen molar-refractivity contribution >= 4 is 57.2 Å². The second kappa shape index (κ2) is 9.56. The molecule has 2 aromatic carbocycles. The molecule has 0 aliphatic carbocycles. The molecule has 2 aromatic rings. The van der Waals surface area contributed by atoms with E-state index in [1.807, 2.05) is 0 Å². The fraction of sp³-hybridized carbons (Fsp3) is 0.118. The molecule has 9 heteroatoms. The normalized spacial score (nSPS) is 10.7. The first kappa shape index (κ1) is 20.2. The van der Waals surface area contributed by atoms with E-state index in [-0.39, 0.29) is 35.6 Å². The summed E-state index contributed by atoms with van der Waals surface area (Å²) in [5.41, 5.74) is 3.12. The van der Waals surface area contributed by atoms with Gasteiger partial charge in [0.2, 0.25) is 5.91 Å². The van der Waals surface area contributed by atoms with E-state index in [4.69, 9.17) is 23.2 Å². The van der Waals surface area contributed by atoms with Crippen LogP contribution in [0.3, 0.4) is 0 Å². The Bertz CT molecular complexity index is 859. The van der Waals surface area contributed by atoms with Gasteiger partial charge < -0.3 is 10.4 Å². The monoisotopic (exact) mass is 457 g/mol. The highest BCUT2D eigenvalue weighted by Gasteiger charge is 2.08. The number of nitrogens with one attached hydrogen (secondary N) is 2. The van der Waals surface area contributed by atoms with E-state index in [1.165, 1.54) is 24.4 Å². The number of rotatable bonds is 6. The number of halogens is 3. The molecular weight excluding hydrogens is 445 g/mol. The number of benzene rings is 2. The molecule has 136 valence electrons. The molecule has 0 heterocycles. The van der Waals surface area contributed by atoms with Crippen molar-refractivity contribution in [3.05, 3.63) is 62.0 Å². The molecule has 0 bridgehead atoms. The smallest absolute Gasteiger partial charge is 0.251 e. The molecule has 0 atom stereocenters. The minimum absolute atomic E-state index is 0.0366. The minimum Gasteiger partial charge on any atom is -0.507 e. The first-order valence-corrected chi connectivity index (χ1v) is 8.95. The van der Waals surface area contributed by atoms with Gasteiger partial charge in [0, 0.05) is 28.6 Å². The number of phenolic OH excluding ortho intramolecular Hbond substituents is 1. The average Bonchev–Trinajstić information content (AvgIpc) is 2.60. The molecule has 0 spiro atoms. The van der Waals surface area contributed by atoms with Gasteiger partial charge in [-0.05, 0) is 36.4 Å². The molecule has 0 aliphatic rings. The van der Waals surface area contributed by atoms with Crippen molar-refractivity contribution in [3.63, 3.8) is 0 Å². The zero-order chi connectivity index (χ0) is 19.1. The van der Waals surface area contributed by atoms with Crippen molar-refractivity contribution in [3.8, 4) is 5.75 Å². The Balaban J connectivity index is 1.78. The minimum atomic E-state index is -0.384. The summed E-state index contributed by atoms with van der Waals surface area (Å²) < 4.78 is 0.771. The van der Waals surface area contributed by atoms with Crippen LogP contribution in [0.2, 0.25) is 10.0 Å². The molecule has 2 amide bonds. The van der Waals surface area contributed by atoms with Crippen LogP contribution in [0.4, 0.5) is 0 Å². The molecule has 0 unspecified atom stereocenters. The van der Waals surface area contributed by atoms with E-state index in [2.05, 4.69) is 31.8 Å². The van der Waals surface area contributed by atoms with Crippen molar-refractivity contribution < 1.29 is 14.7 Å². The van der Waals surface area contributed by atoms with Gasteiger partial charge in [-0.15, -0.1) is 0 Å². The fourth-order valence-electron chi connectivity index (χ4n) is 1.89. The van der Waals surface area contributed by atoms with E-state index in [0.29, 0.717) is 16.1 Å². The second-order valence-electron chi connectivity index (χ2n) is 5.13. The maximum atomic E-state index is 12.0. The van der Waals surface area contributed by atoms with Gasteiger partial charge in [0.25, 0.3) is 5.91 Å². The van der Waals surface area contributed by atoms with Crippen LogP contribution in [0.5, 0.6) is 5.75 Å². The summed E-state index contributed by atoms with van der Waals surface area (Å²) in [6.45, 7) is 0.128. The number of hydrogen-bond acceptors (Lipinski definition) is 4. The third kappa shape index (κ3) is 6.01. The fourth-order valence-corrected chi connectivity index (χ4v) is 2.56. The number of amides is 2. The number of nitrogens with zero attached hydrogens (tertiary/aromatic N) is 1. The Hall–Kier alpha value is -2.09. The quantitative estimate of drug-likeness (QED) is 0.455. The van der Waals surface area contributed by atoms with Gasteiger partial charge in [0.05, 0.1) is 16.3 Å². The zero-order valence-electron chi connectivity index (χ0n) is 13.3. The second-order valence-corrected chi connectivity index (χ2v) is 6.86. The number of hydrazone groups is 1. The zero-order valence-corrected chi connectivity index (χ0v) is 16.4. The Labute approximate surface area is 168 Å². The highest BCUT2D eigenvalue weighted by molar-refractivity contribution is 9.10. The largest absolute Gasteiger partial charge is 0.507 e. The van der Waals surface area contributed by atoms with Crippen LogP contribution in [-0.2, 0) is 4.79 Å². The number of carbonyl (C=O) groups is 2. The molecule has 2 rings (SSSR count). The SMILES string of the molecule is O=C(CCNC(=O)c1ccc(Cl)c(Cl)c1)NN=Cc1cc(Br)ccc1O. The standard InChI is InChI=1S/C17H14BrCl2N3O3/c18-12-2-4-15(24)11(7-12)9-22-23-16(25)5-6-21-17(26)10-1-3-13(19)14(20)8-10/h1-4,7-9,24H,5-6H2,(H,21,26)(H,23,25). The Kier molecular flexibility index (Phi) is 7.44. The third-order valence-corrected chi connectivity index (χ3v) is 4.43. The van der Waals surface area contributed by atoms with Crippen LogP contribution in [0, 0.1) is 0 Å². The molecule has 0 saturated heterocycles. The first-order valence-electron chi connectivity index (χ1n) is 7.40. The van der Waals surface area contributed by atoms with Crippen molar-refractivity contribution in [1.29, 1.82) is 0 Å². The predicted octanol–water partition coefficient (Wildman–Crippen LogP) is 3.73. The summed E-state index contributed by atoms with van der Waals surface area (Å²) in [6.07, 6.45) is 1.36. The van der Waals surface area contributed by atoms with Gasteiger partial charge in [-0.2, -0.15) is 5.10 Å². The number of aromatic hydroxyl groups is 1. The topological polar surface area (TPSA) is 90.8 Å². The molecular formula is C17H14BrCl2N3O3. The van der Waals surface area contributed by atoms with Crippen molar-refractivity contribution in [1.82, 2.24) is 10.7 Å². The van der Waals surface area contributed by atoms with Crippen molar-refractivity contribution in [2.45, 2.75) is 6.42 Å². The lowest BCUT2D eigenvalue weighted by molar-refractivity contribution is -0.120. The van der Waals surface area contributed by atoms with Crippen LogP contribution < -0.4 is 10.7 Å². The summed E-state index contributed by atoms with van der Waals surface area (Å²) in [5, 5.41) is 16.7. The summed E-state index contributed by atoms with van der Waals surface area (Å²) >= 11 is 14.9. The van der Waals surface area contributed by atoms with Crippen LogP contribution >= 0.6 is 39.1 Å². The molecule has 0 aromatic heterocycles. The lowest BCUT2D eigenvalue weighted by atomic mass is 10.2. The molecule has 0 saturated carbocycles. The maximum absolute atomic E-state index is 12.0. The molecule has 26 heavy (non-hydrogen) atoms. The summed E-state index contributed by atoms with van der Waals surface area (Å²) in [7, 11) is 0. The van der Waals surface area contributed by atoms with E-state index >= 15 is 0 Å². The van der Waals surface area contributed by atoms with Crippen LogP contribution in [0.15, 0.2) is 46.0 Å².